The number of hydrogen-bond acceptors (Lipinski definition) is 3. The highest BCUT2D eigenvalue weighted by Crippen LogP contribution is 2.02. The van der Waals surface area contributed by atoms with Crippen LogP contribution >= 0.6 is 0 Å². The molecule has 0 aliphatic carbocycles. The molecule has 0 spiro atoms. The summed E-state index contributed by atoms with van der Waals surface area (Å²) in [7, 11) is 6.01. The van der Waals surface area contributed by atoms with E-state index in [0.717, 1.165) is 26.1 Å². The second kappa shape index (κ2) is 9.44. The Balaban J connectivity index is 3.54. The highest BCUT2D eigenvalue weighted by atomic mass is 16.5. The first-order valence-corrected chi connectivity index (χ1v) is 5.57. The molecule has 14 heavy (non-hydrogen) atoms. The van der Waals surface area contributed by atoms with Crippen LogP contribution < -0.4 is 5.32 Å². The zero-order valence-corrected chi connectivity index (χ0v) is 10.2. The van der Waals surface area contributed by atoms with Gasteiger partial charge in [-0.3, -0.25) is 0 Å². The summed E-state index contributed by atoms with van der Waals surface area (Å²) in [5.41, 5.74) is 0. The molecule has 1 unspecified atom stereocenters. The average molecular weight is 202 g/mol. The highest BCUT2D eigenvalue weighted by molar-refractivity contribution is 4.67. The van der Waals surface area contributed by atoms with E-state index in [1.807, 2.05) is 0 Å². The van der Waals surface area contributed by atoms with Crippen LogP contribution in [0.2, 0.25) is 0 Å². The normalized spacial score (nSPS) is 13.5. The van der Waals surface area contributed by atoms with Gasteiger partial charge < -0.3 is 15.0 Å². The van der Waals surface area contributed by atoms with E-state index >= 15 is 0 Å². The Bertz CT molecular complexity index is 118. The Morgan fingerprint density at radius 1 is 1.29 bits per heavy atom. The maximum Gasteiger partial charge on any atom is 0.0462 e. The Kier molecular flexibility index (Phi) is 9.35. The molecule has 0 aliphatic heterocycles. The summed E-state index contributed by atoms with van der Waals surface area (Å²) < 4.78 is 5.06. The van der Waals surface area contributed by atoms with Gasteiger partial charge >= 0.3 is 0 Å². The van der Waals surface area contributed by atoms with Crippen LogP contribution in [0.3, 0.4) is 0 Å². The summed E-state index contributed by atoms with van der Waals surface area (Å²) in [6.07, 6.45) is 3.60. The first kappa shape index (κ1) is 13.9. The standard InChI is InChI=1S/C11H26N2O/c1-5-12-11(7-6-10-14-4)8-9-13(2)3/h11-12H,5-10H2,1-4H3. The van der Waals surface area contributed by atoms with Gasteiger partial charge in [-0.15, -0.1) is 0 Å². The fourth-order valence-corrected chi connectivity index (χ4v) is 1.53. The van der Waals surface area contributed by atoms with Crippen LogP contribution in [0, 0.1) is 0 Å². The molecule has 86 valence electrons. The number of nitrogens with one attached hydrogen (secondary N) is 1. The van der Waals surface area contributed by atoms with Gasteiger partial charge in [0.2, 0.25) is 0 Å². The van der Waals surface area contributed by atoms with Crippen LogP contribution in [0.15, 0.2) is 0 Å². The van der Waals surface area contributed by atoms with Crippen molar-refractivity contribution in [3.63, 3.8) is 0 Å². The van der Waals surface area contributed by atoms with Crippen molar-refractivity contribution >= 4 is 0 Å². The molecule has 0 heterocycles. The van der Waals surface area contributed by atoms with Crippen molar-refractivity contribution in [1.29, 1.82) is 0 Å². The third kappa shape index (κ3) is 8.48. The third-order valence-electron chi connectivity index (χ3n) is 2.32. The SMILES string of the molecule is CCNC(CCCOC)CCN(C)C. The lowest BCUT2D eigenvalue weighted by Crippen LogP contribution is -2.32. The zero-order chi connectivity index (χ0) is 10.8. The molecule has 0 aromatic heterocycles. The summed E-state index contributed by atoms with van der Waals surface area (Å²) in [6, 6.07) is 0.651. The molecular weight excluding hydrogens is 176 g/mol. The maximum atomic E-state index is 5.06. The summed E-state index contributed by atoms with van der Waals surface area (Å²) >= 11 is 0. The van der Waals surface area contributed by atoms with Gasteiger partial charge in [0.05, 0.1) is 0 Å². The van der Waals surface area contributed by atoms with E-state index in [1.165, 1.54) is 12.8 Å². The Hall–Kier alpha value is -0.120. The molecule has 0 bridgehead atoms. The fourth-order valence-electron chi connectivity index (χ4n) is 1.53. The molecule has 0 aromatic rings. The van der Waals surface area contributed by atoms with Crippen molar-refractivity contribution in [2.45, 2.75) is 32.2 Å². The first-order chi connectivity index (χ1) is 6.70. The van der Waals surface area contributed by atoms with E-state index in [1.54, 1.807) is 7.11 Å². The van der Waals surface area contributed by atoms with Crippen LogP contribution in [0.4, 0.5) is 0 Å². The molecule has 0 aliphatic rings. The smallest absolute Gasteiger partial charge is 0.0462 e. The van der Waals surface area contributed by atoms with E-state index in [0.29, 0.717) is 6.04 Å². The van der Waals surface area contributed by atoms with Crippen LogP contribution in [0.25, 0.3) is 0 Å². The summed E-state index contributed by atoms with van der Waals surface area (Å²) in [4.78, 5) is 2.24. The quantitative estimate of drug-likeness (QED) is 0.571. The third-order valence-corrected chi connectivity index (χ3v) is 2.32. The molecular formula is C11H26N2O. The number of ether oxygens (including phenoxy) is 1. The van der Waals surface area contributed by atoms with Crippen LogP contribution in [0.1, 0.15) is 26.2 Å². The molecule has 1 N–H and O–H groups in total. The van der Waals surface area contributed by atoms with Gasteiger partial charge in [-0.05, 0) is 46.4 Å². The lowest BCUT2D eigenvalue weighted by molar-refractivity contribution is 0.187. The van der Waals surface area contributed by atoms with Gasteiger partial charge in [-0.25, -0.2) is 0 Å². The molecule has 0 radical (unpaired) electrons. The second-order valence-corrected chi connectivity index (χ2v) is 3.98. The van der Waals surface area contributed by atoms with E-state index in [9.17, 15) is 0 Å². The summed E-state index contributed by atoms with van der Waals surface area (Å²) in [6.45, 7) is 5.26. The van der Waals surface area contributed by atoms with Crippen molar-refractivity contribution < 1.29 is 4.74 Å². The Morgan fingerprint density at radius 3 is 2.50 bits per heavy atom. The molecule has 0 aromatic carbocycles. The molecule has 0 saturated carbocycles. The van der Waals surface area contributed by atoms with E-state index in [2.05, 4.69) is 31.2 Å². The molecule has 0 amide bonds. The van der Waals surface area contributed by atoms with Gasteiger partial charge in [0.1, 0.15) is 0 Å². The van der Waals surface area contributed by atoms with Gasteiger partial charge in [-0.1, -0.05) is 6.92 Å². The minimum Gasteiger partial charge on any atom is -0.385 e. The highest BCUT2D eigenvalue weighted by Gasteiger charge is 2.06. The van der Waals surface area contributed by atoms with E-state index < -0.39 is 0 Å². The summed E-state index contributed by atoms with van der Waals surface area (Å²) in [5.74, 6) is 0. The molecule has 3 nitrogen and oxygen atoms in total. The first-order valence-electron chi connectivity index (χ1n) is 5.57. The Morgan fingerprint density at radius 2 is 2.00 bits per heavy atom. The fraction of sp³-hybridized carbons (Fsp3) is 1.00. The van der Waals surface area contributed by atoms with Gasteiger partial charge in [0.15, 0.2) is 0 Å². The molecule has 0 fully saturated rings. The van der Waals surface area contributed by atoms with Crippen molar-refractivity contribution in [3.8, 4) is 0 Å². The number of nitrogens with zero attached hydrogens (tertiary/aromatic N) is 1. The van der Waals surface area contributed by atoms with Crippen molar-refractivity contribution in [3.05, 3.63) is 0 Å². The summed E-state index contributed by atoms with van der Waals surface area (Å²) in [5, 5.41) is 3.51. The average Bonchev–Trinajstić information content (AvgIpc) is 2.14. The maximum absolute atomic E-state index is 5.06. The Labute approximate surface area is 88.8 Å². The molecule has 1 atom stereocenters. The predicted octanol–water partition coefficient (Wildman–Crippen LogP) is 1.34. The van der Waals surface area contributed by atoms with Crippen LogP contribution in [0.5, 0.6) is 0 Å². The van der Waals surface area contributed by atoms with Crippen molar-refractivity contribution in [2.24, 2.45) is 0 Å². The van der Waals surface area contributed by atoms with Gasteiger partial charge in [-0.2, -0.15) is 0 Å². The topological polar surface area (TPSA) is 24.5 Å². The number of hydrogen-bond donors (Lipinski definition) is 1. The van der Waals surface area contributed by atoms with Crippen LogP contribution in [-0.2, 0) is 4.74 Å². The lowest BCUT2D eigenvalue weighted by Gasteiger charge is -2.19. The largest absolute Gasteiger partial charge is 0.385 e. The monoisotopic (exact) mass is 202 g/mol. The molecule has 0 rings (SSSR count). The van der Waals surface area contributed by atoms with E-state index in [-0.39, 0.29) is 0 Å². The lowest BCUT2D eigenvalue weighted by atomic mass is 10.1. The number of rotatable bonds is 9. The van der Waals surface area contributed by atoms with Crippen LogP contribution in [-0.4, -0.2) is 51.8 Å². The number of methoxy groups -OCH3 is 1. The molecule has 0 saturated heterocycles. The zero-order valence-electron chi connectivity index (χ0n) is 10.2. The molecule has 3 heteroatoms. The van der Waals surface area contributed by atoms with E-state index in [4.69, 9.17) is 4.74 Å². The van der Waals surface area contributed by atoms with Gasteiger partial charge in [0, 0.05) is 19.8 Å². The van der Waals surface area contributed by atoms with Crippen molar-refractivity contribution in [2.75, 3.05) is 40.9 Å². The van der Waals surface area contributed by atoms with Crippen molar-refractivity contribution in [1.82, 2.24) is 10.2 Å². The predicted molar refractivity (Wildman–Crippen MR) is 61.7 cm³/mol. The minimum absolute atomic E-state index is 0.651. The second-order valence-electron chi connectivity index (χ2n) is 3.98. The minimum atomic E-state index is 0.651. The van der Waals surface area contributed by atoms with Gasteiger partial charge in [0.25, 0.3) is 0 Å².